The normalized spacial score (nSPS) is 32.9. The zero-order chi connectivity index (χ0) is 11.4. The second-order valence-corrected chi connectivity index (χ2v) is 5.28. The Hall–Kier alpha value is -0.370. The van der Waals surface area contributed by atoms with Crippen molar-refractivity contribution >= 4 is 5.78 Å². The van der Waals surface area contributed by atoms with Gasteiger partial charge in [-0.15, -0.1) is 0 Å². The predicted octanol–water partition coefficient (Wildman–Crippen LogP) is 2.72. The van der Waals surface area contributed by atoms with E-state index in [-0.39, 0.29) is 0 Å². The molecule has 88 valence electrons. The van der Waals surface area contributed by atoms with Crippen LogP contribution in [0.5, 0.6) is 0 Å². The maximum atomic E-state index is 11.6. The Morgan fingerprint density at radius 1 is 1.33 bits per heavy atom. The molecule has 15 heavy (non-hydrogen) atoms. The van der Waals surface area contributed by atoms with Crippen LogP contribution in [0.2, 0.25) is 0 Å². The Morgan fingerprint density at radius 3 is 2.60 bits per heavy atom. The van der Waals surface area contributed by atoms with Crippen LogP contribution in [0.4, 0.5) is 0 Å². The van der Waals surface area contributed by atoms with Gasteiger partial charge in [-0.3, -0.25) is 9.69 Å². The number of hydrogen-bond donors (Lipinski definition) is 0. The van der Waals surface area contributed by atoms with E-state index in [0.29, 0.717) is 18.4 Å². The van der Waals surface area contributed by atoms with Gasteiger partial charge >= 0.3 is 0 Å². The minimum Gasteiger partial charge on any atom is -0.298 e. The molecular weight excluding hydrogens is 186 g/mol. The third-order valence-corrected chi connectivity index (χ3v) is 3.63. The van der Waals surface area contributed by atoms with Crippen LogP contribution < -0.4 is 0 Å². The van der Waals surface area contributed by atoms with Gasteiger partial charge < -0.3 is 0 Å². The van der Waals surface area contributed by atoms with Crippen molar-refractivity contribution in [2.24, 2.45) is 11.8 Å². The Bertz CT molecular complexity index is 215. The van der Waals surface area contributed by atoms with E-state index in [0.717, 1.165) is 31.2 Å². The summed E-state index contributed by atoms with van der Waals surface area (Å²) in [6.07, 6.45) is 3.03. The molecule has 1 fully saturated rings. The molecule has 2 nitrogen and oxygen atoms in total. The van der Waals surface area contributed by atoms with Crippen LogP contribution in [-0.4, -0.2) is 29.8 Å². The van der Waals surface area contributed by atoms with Crippen LogP contribution in [0.1, 0.15) is 47.0 Å². The fourth-order valence-electron chi connectivity index (χ4n) is 2.63. The molecule has 1 aliphatic heterocycles. The van der Waals surface area contributed by atoms with E-state index >= 15 is 0 Å². The first-order valence-electron chi connectivity index (χ1n) is 6.30. The van der Waals surface area contributed by atoms with E-state index in [1.54, 1.807) is 0 Å². The quantitative estimate of drug-likeness (QED) is 0.712. The fourth-order valence-corrected chi connectivity index (χ4v) is 2.63. The van der Waals surface area contributed by atoms with Crippen LogP contribution in [-0.2, 0) is 4.79 Å². The van der Waals surface area contributed by atoms with E-state index in [1.165, 1.54) is 6.42 Å². The number of carbonyl (C=O) groups excluding carboxylic acids is 1. The number of ketones is 1. The number of nitrogens with zero attached hydrogens (tertiary/aromatic N) is 1. The summed E-state index contributed by atoms with van der Waals surface area (Å²) < 4.78 is 0. The highest BCUT2D eigenvalue weighted by Gasteiger charge is 2.29. The van der Waals surface area contributed by atoms with Crippen LogP contribution in [0.25, 0.3) is 0 Å². The first kappa shape index (κ1) is 12.7. The van der Waals surface area contributed by atoms with E-state index in [4.69, 9.17) is 0 Å². The van der Waals surface area contributed by atoms with E-state index < -0.39 is 0 Å². The van der Waals surface area contributed by atoms with E-state index in [9.17, 15) is 4.79 Å². The van der Waals surface area contributed by atoms with Crippen molar-refractivity contribution in [2.45, 2.75) is 53.0 Å². The van der Waals surface area contributed by atoms with Crippen LogP contribution in [0.15, 0.2) is 0 Å². The predicted molar refractivity (Wildman–Crippen MR) is 63.9 cm³/mol. The second kappa shape index (κ2) is 5.64. The van der Waals surface area contributed by atoms with Crippen molar-refractivity contribution in [3.05, 3.63) is 0 Å². The molecule has 0 radical (unpaired) electrons. The summed E-state index contributed by atoms with van der Waals surface area (Å²) in [6.45, 7) is 10.7. The molecule has 0 aromatic heterocycles. The molecule has 0 N–H and O–H groups in total. The average Bonchev–Trinajstić information content (AvgIpc) is 2.13. The number of carbonyl (C=O) groups is 1. The van der Waals surface area contributed by atoms with Crippen molar-refractivity contribution in [2.75, 3.05) is 13.1 Å². The van der Waals surface area contributed by atoms with Gasteiger partial charge in [0.1, 0.15) is 5.78 Å². The molecule has 0 bridgehead atoms. The molecule has 0 spiro atoms. The SMILES string of the molecule is CCCC(=O)CN1CC(C)CC(C)C1C. The highest BCUT2D eigenvalue weighted by molar-refractivity contribution is 5.80. The monoisotopic (exact) mass is 211 g/mol. The van der Waals surface area contributed by atoms with Crippen molar-refractivity contribution in [3.8, 4) is 0 Å². The molecule has 0 saturated carbocycles. The van der Waals surface area contributed by atoms with Crippen molar-refractivity contribution in [3.63, 3.8) is 0 Å². The molecule has 1 heterocycles. The Morgan fingerprint density at radius 2 is 2.00 bits per heavy atom. The van der Waals surface area contributed by atoms with Crippen molar-refractivity contribution in [1.29, 1.82) is 0 Å². The standard InChI is InChI=1S/C13H25NO/c1-5-6-13(15)9-14-8-10(2)7-11(3)12(14)4/h10-12H,5-9H2,1-4H3. The number of rotatable bonds is 4. The molecule has 2 heteroatoms. The molecule has 3 unspecified atom stereocenters. The first-order valence-corrected chi connectivity index (χ1v) is 6.30. The zero-order valence-electron chi connectivity index (χ0n) is 10.6. The molecular formula is C13H25NO. The minimum absolute atomic E-state index is 0.408. The number of hydrogen-bond acceptors (Lipinski definition) is 2. The summed E-state index contributed by atoms with van der Waals surface area (Å²) >= 11 is 0. The minimum atomic E-state index is 0.408. The zero-order valence-corrected chi connectivity index (χ0v) is 10.6. The second-order valence-electron chi connectivity index (χ2n) is 5.28. The number of likely N-dealkylation sites (tertiary alicyclic amines) is 1. The maximum absolute atomic E-state index is 11.6. The number of Topliss-reactive ketones (excluding diaryl/α,β-unsaturated/α-hetero) is 1. The molecule has 1 aliphatic rings. The Labute approximate surface area is 94.0 Å². The topological polar surface area (TPSA) is 20.3 Å². The van der Waals surface area contributed by atoms with Gasteiger partial charge in [-0.05, 0) is 31.6 Å². The average molecular weight is 211 g/mol. The lowest BCUT2D eigenvalue weighted by Crippen LogP contribution is -2.47. The summed E-state index contributed by atoms with van der Waals surface area (Å²) in [7, 11) is 0. The van der Waals surface area contributed by atoms with Gasteiger partial charge in [0.15, 0.2) is 0 Å². The largest absolute Gasteiger partial charge is 0.298 e. The third kappa shape index (κ3) is 3.60. The Balaban J connectivity index is 2.48. The maximum Gasteiger partial charge on any atom is 0.146 e. The van der Waals surface area contributed by atoms with Crippen molar-refractivity contribution < 1.29 is 4.79 Å². The lowest BCUT2D eigenvalue weighted by atomic mass is 9.86. The summed E-state index contributed by atoms with van der Waals surface area (Å²) in [5.74, 6) is 1.87. The van der Waals surface area contributed by atoms with Gasteiger partial charge in [0.2, 0.25) is 0 Å². The van der Waals surface area contributed by atoms with E-state index in [2.05, 4.69) is 32.6 Å². The summed E-state index contributed by atoms with van der Waals surface area (Å²) in [4.78, 5) is 14.0. The first-order chi connectivity index (χ1) is 7.04. The summed E-state index contributed by atoms with van der Waals surface area (Å²) in [5, 5.41) is 0. The number of piperidine rings is 1. The molecule has 3 atom stereocenters. The van der Waals surface area contributed by atoms with Gasteiger partial charge in [0.05, 0.1) is 6.54 Å². The molecule has 1 saturated heterocycles. The van der Waals surface area contributed by atoms with Gasteiger partial charge in [-0.1, -0.05) is 20.8 Å². The fraction of sp³-hybridized carbons (Fsp3) is 0.923. The van der Waals surface area contributed by atoms with E-state index in [1.807, 2.05) is 0 Å². The van der Waals surface area contributed by atoms with Gasteiger partial charge in [0.25, 0.3) is 0 Å². The van der Waals surface area contributed by atoms with Crippen molar-refractivity contribution in [1.82, 2.24) is 4.90 Å². The van der Waals surface area contributed by atoms with Gasteiger partial charge in [-0.2, -0.15) is 0 Å². The van der Waals surface area contributed by atoms with Crippen LogP contribution >= 0.6 is 0 Å². The highest BCUT2D eigenvalue weighted by atomic mass is 16.1. The molecule has 1 rings (SSSR count). The molecule has 0 aliphatic carbocycles. The summed E-state index contributed by atoms with van der Waals surface area (Å²) in [5.41, 5.74) is 0. The molecule has 0 amide bonds. The molecule has 0 aromatic carbocycles. The Kier molecular flexibility index (Phi) is 4.78. The smallest absolute Gasteiger partial charge is 0.146 e. The lowest BCUT2D eigenvalue weighted by molar-refractivity contribution is -0.121. The van der Waals surface area contributed by atoms with Gasteiger partial charge in [-0.25, -0.2) is 0 Å². The lowest BCUT2D eigenvalue weighted by Gasteiger charge is -2.40. The van der Waals surface area contributed by atoms with Crippen LogP contribution in [0, 0.1) is 11.8 Å². The highest BCUT2D eigenvalue weighted by Crippen LogP contribution is 2.26. The third-order valence-electron chi connectivity index (χ3n) is 3.63. The van der Waals surface area contributed by atoms with Gasteiger partial charge in [0, 0.05) is 19.0 Å². The molecule has 0 aromatic rings. The summed E-state index contributed by atoms with van der Waals surface area (Å²) in [6, 6.07) is 0.571. The van der Waals surface area contributed by atoms with Crippen LogP contribution in [0.3, 0.4) is 0 Å².